The number of hydrazone groups is 1. The highest BCUT2D eigenvalue weighted by Gasteiger charge is 2.33. The van der Waals surface area contributed by atoms with Crippen LogP contribution in [0.2, 0.25) is 5.02 Å². The van der Waals surface area contributed by atoms with Crippen LogP contribution in [0.15, 0.2) is 41.5 Å². The third kappa shape index (κ3) is 3.93. The number of nitro benzene ring substituents is 1. The summed E-state index contributed by atoms with van der Waals surface area (Å²) in [5.41, 5.74) is -0.0909. The monoisotopic (exact) mass is 358 g/mol. The van der Waals surface area contributed by atoms with Crippen LogP contribution >= 0.6 is 11.6 Å². The van der Waals surface area contributed by atoms with E-state index in [2.05, 4.69) is 10.5 Å². The summed E-state index contributed by atoms with van der Waals surface area (Å²) in [4.78, 5) is 9.83. The molecule has 1 N–H and O–H groups in total. The summed E-state index contributed by atoms with van der Waals surface area (Å²) in [7, 11) is 0. The van der Waals surface area contributed by atoms with Gasteiger partial charge in [-0.05, 0) is 29.5 Å². The summed E-state index contributed by atoms with van der Waals surface area (Å²) >= 11 is 5.67. The number of benzene rings is 2. The molecular formula is C14H8ClF3N3O3-. The van der Waals surface area contributed by atoms with Gasteiger partial charge >= 0.3 is 6.18 Å². The lowest BCUT2D eigenvalue weighted by molar-refractivity contribution is -0.398. The molecule has 10 heteroatoms. The molecule has 24 heavy (non-hydrogen) atoms. The molecule has 0 amide bonds. The topological polar surface area (TPSA) is 90.6 Å². The summed E-state index contributed by atoms with van der Waals surface area (Å²) in [6.45, 7) is 0. The van der Waals surface area contributed by atoms with E-state index in [9.17, 15) is 28.4 Å². The summed E-state index contributed by atoms with van der Waals surface area (Å²) in [5.74, 6) is -0.945. The molecule has 0 saturated carbocycles. The molecule has 2 rings (SSSR count). The molecule has 2 aromatic carbocycles. The number of nitro groups is 1. The number of hydrogen-bond acceptors (Lipinski definition) is 5. The Morgan fingerprint density at radius 2 is 1.92 bits per heavy atom. The lowest BCUT2D eigenvalue weighted by Gasteiger charge is -2.12. The van der Waals surface area contributed by atoms with Gasteiger partial charge in [0.05, 0.1) is 22.4 Å². The highest BCUT2D eigenvalue weighted by Crippen LogP contribution is 2.34. The second kappa shape index (κ2) is 6.75. The van der Waals surface area contributed by atoms with E-state index in [1.165, 1.54) is 12.1 Å². The number of hydrogen-bond donors (Lipinski definition) is 1. The quantitative estimate of drug-likeness (QED) is 0.511. The lowest BCUT2D eigenvalue weighted by atomic mass is 10.2. The molecule has 0 spiro atoms. The van der Waals surface area contributed by atoms with Crippen molar-refractivity contribution >= 4 is 29.2 Å². The van der Waals surface area contributed by atoms with Crippen molar-refractivity contribution in [3.63, 3.8) is 0 Å². The molecule has 126 valence electrons. The maximum atomic E-state index is 12.8. The number of nitrogens with zero attached hydrogens (tertiary/aromatic N) is 2. The average molecular weight is 359 g/mol. The van der Waals surface area contributed by atoms with Gasteiger partial charge in [0.25, 0.3) is 5.69 Å². The third-order valence-electron chi connectivity index (χ3n) is 2.88. The first kappa shape index (κ1) is 17.5. The molecule has 0 bridgehead atoms. The Kier molecular flexibility index (Phi) is 4.93. The van der Waals surface area contributed by atoms with Gasteiger partial charge in [0.1, 0.15) is 0 Å². The lowest BCUT2D eigenvalue weighted by Crippen LogP contribution is -2.08. The van der Waals surface area contributed by atoms with Gasteiger partial charge in [0.15, 0.2) is 0 Å². The molecule has 0 aliphatic carbocycles. The van der Waals surface area contributed by atoms with Crippen molar-refractivity contribution in [3.05, 3.63) is 62.7 Å². The van der Waals surface area contributed by atoms with Gasteiger partial charge in [-0.3, -0.25) is 15.5 Å². The highest BCUT2D eigenvalue weighted by atomic mass is 35.5. The van der Waals surface area contributed by atoms with Crippen molar-refractivity contribution in [2.75, 3.05) is 5.43 Å². The fraction of sp³-hybridized carbons (Fsp3) is 0.0714. The van der Waals surface area contributed by atoms with Gasteiger partial charge in [-0.15, -0.1) is 0 Å². The molecule has 0 saturated heterocycles. The van der Waals surface area contributed by atoms with Crippen LogP contribution in [0, 0.1) is 10.1 Å². The molecule has 0 aliphatic rings. The standard InChI is InChI=1S/C14H9ClF3N3O3/c15-9-5-8(13(22)12(6-9)21(23)24)7-19-20-11-4-2-1-3-10(11)14(16,17)18/h1-7,20,22H/p-1/b19-7-. The number of alkyl halides is 3. The molecule has 0 heterocycles. The Balaban J connectivity index is 2.30. The van der Waals surface area contributed by atoms with E-state index in [4.69, 9.17) is 11.6 Å². The van der Waals surface area contributed by atoms with Crippen LogP contribution in [0.25, 0.3) is 0 Å². The Morgan fingerprint density at radius 1 is 1.25 bits per heavy atom. The minimum Gasteiger partial charge on any atom is -0.867 e. The van der Waals surface area contributed by atoms with Crippen LogP contribution in [0.5, 0.6) is 5.75 Å². The molecule has 0 aromatic heterocycles. The van der Waals surface area contributed by atoms with Crippen molar-refractivity contribution in [1.29, 1.82) is 0 Å². The second-order valence-electron chi connectivity index (χ2n) is 4.51. The zero-order valence-corrected chi connectivity index (χ0v) is 12.4. The first-order valence-corrected chi connectivity index (χ1v) is 6.68. The van der Waals surface area contributed by atoms with Gasteiger partial charge in [0, 0.05) is 11.1 Å². The number of halogens is 4. The third-order valence-corrected chi connectivity index (χ3v) is 3.10. The normalized spacial score (nSPS) is 11.7. The first-order valence-electron chi connectivity index (χ1n) is 6.30. The molecule has 6 nitrogen and oxygen atoms in total. The Morgan fingerprint density at radius 3 is 2.54 bits per heavy atom. The molecule has 0 radical (unpaired) electrons. The van der Waals surface area contributed by atoms with Crippen molar-refractivity contribution < 1.29 is 23.2 Å². The van der Waals surface area contributed by atoms with E-state index >= 15 is 0 Å². The summed E-state index contributed by atoms with van der Waals surface area (Å²) in [6, 6.07) is 6.61. The maximum absolute atomic E-state index is 12.8. The largest absolute Gasteiger partial charge is 0.867 e. The Labute approximate surface area is 138 Å². The van der Waals surface area contributed by atoms with Crippen LogP contribution in [0.4, 0.5) is 24.5 Å². The SMILES string of the molecule is O=[N+]([O-])c1cc(Cl)cc(/C=N\Nc2ccccc2C(F)(F)F)c1[O-]. The smallest absolute Gasteiger partial charge is 0.418 e. The fourth-order valence-electron chi connectivity index (χ4n) is 1.83. The molecular weight excluding hydrogens is 351 g/mol. The first-order chi connectivity index (χ1) is 11.2. The summed E-state index contributed by atoms with van der Waals surface area (Å²) in [5, 5.41) is 26.0. The molecule has 0 fully saturated rings. The van der Waals surface area contributed by atoms with Crippen LogP contribution in [-0.2, 0) is 6.18 Å². The molecule has 0 aliphatic heterocycles. The molecule has 2 aromatic rings. The van der Waals surface area contributed by atoms with E-state index in [1.807, 2.05) is 0 Å². The summed E-state index contributed by atoms with van der Waals surface area (Å²) < 4.78 is 38.5. The van der Waals surface area contributed by atoms with Crippen LogP contribution in [0.3, 0.4) is 0 Å². The Hall–Kier alpha value is -2.81. The molecule has 0 unspecified atom stereocenters. The van der Waals surface area contributed by atoms with E-state index in [1.54, 1.807) is 0 Å². The zero-order chi connectivity index (χ0) is 17.9. The van der Waals surface area contributed by atoms with E-state index in [0.29, 0.717) is 0 Å². The highest BCUT2D eigenvalue weighted by molar-refractivity contribution is 6.31. The van der Waals surface area contributed by atoms with Crippen LogP contribution < -0.4 is 10.5 Å². The number of para-hydroxylation sites is 1. The molecule has 0 atom stereocenters. The minimum atomic E-state index is -4.59. The number of rotatable bonds is 4. The van der Waals surface area contributed by atoms with Gasteiger partial charge in [0.2, 0.25) is 0 Å². The predicted molar refractivity (Wildman–Crippen MR) is 80.2 cm³/mol. The number of nitrogens with one attached hydrogen (secondary N) is 1. The van der Waals surface area contributed by atoms with Crippen molar-refractivity contribution in [2.24, 2.45) is 5.10 Å². The average Bonchev–Trinajstić information content (AvgIpc) is 2.49. The fourth-order valence-corrected chi connectivity index (χ4v) is 2.05. The van der Waals surface area contributed by atoms with E-state index in [0.717, 1.165) is 30.5 Å². The van der Waals surface area contributed by atoms with Gasteiger partial charge in [-0.25, -0.2) is 0 Å². The van der Waals surface area contributed by atoms with Crippen LogP contribution in [0.1, 0.15) is 11.1 Å². The second-order valence-corrected chi connectivity index (χ2v) is 4.95. The van der Waals surface area contributed by atoms with Crippen molar-refractivity contribution in [1.82, 2.24) is 0 Å². The predicted octanol–water partition coefficient (Wildman–Crippen LogP) is 3.79. The van der Waals surface area contributed by atoms with E-state index < -0.39 is 28.1 Å². The maximum Gasteiger partial charge on any atom is 0.418 e. The van der Waals surface area contributed by atoms with E-state index in [-0.39, 0.29) is 16.3 Å². The Bertz CT molecular complexity index is 810. The minimum absolute atomic E-state index is 0.0709. The van der Waals surface area contributed by atoms with Gasteiger partial charge in [-0.1, -0.05) is 23.7 Å². The van der Waals surface area contributed by atoms with Crippen molar-refractivity contribution in [2.45, 2.75) is 6.18 Å². The van der Waals surface area contributed by atoms with Crippen LogP contribution in [-0.4, -0.2) is 11.1 Å². The number of anilines is 1. The van der Waals surface area contributed by atoms with Crippen molar-refractivity contribution in [3.8, 4) is 5.75 Å². The van der Waals surface area contributed by atoms with Gasteiger partial charge < -0.3 is 5.11 Å². The zero-order valence-electron chi connectivity index (χ0n) is 11.7. The summed E-state index contributed by atoms with van der Waals surface area (Å²) in [6.07, 6.45) is -3.72. The van der Waals surface area contributed by atoms with Gasteiger partial charge in [-0.2, -0.15) is 18.3 Å².